The first-order chi connectivity index (χ1) is 12.0. The first kappa shape index (κ1) is 22.8. The van der Waals surface area contributed by atoms with Crippen molar-refractivity contribution >= 4 is 58.0 Å². The van der Waals surface area contributed by atoms with Crippen LogP contribution in [0.4, 0.5) is 5.13 Å². The molecule has 9 heteroatoms. The van der Waals surface area contributed by atoms with Gasteiger partial charge in [-0.15, -0.1) is 35.3 Å². The van der Waals surface area contributed by atoms with Crippen molar-refractivity contribution in [2.75, 3.05) is 32.6 Å². The second-order valence-corrected chi connectivity index (χ2v) is 6.93. The van der Waals surface area contributed by atoms with Gasteiger partial charge in [0.25, 0.3) is 0 Å². The topological polar surface area (TPSA) is 61.8 Å². The molecule has 0 saturated heterocycles. The maximum absolute atomic E-state index is 6.11. The third-order valence-corrected chi connectivity index (χ3v) is 4.67. The molecule has 0 amide bonds. The number of para-hydroxylation sites is 1. The molecule has 0 radical (unpaired) electrons. The highest BCUT2D eigenvalue weighted by molar-refractivity contribution is 14.0. The fraction of sp³-hybridized carbons (Fsp3) is 0.412. The number of nitrogens with zero attached hydrogens (tertiary/aromatic N) is 3. The lowest BCUT2D eigenvalue weighted by molar-refractivity contribution is 0.224. The van der Waals surface area contributed by atoms with Crippen molar-refractivity contribution in [1.29, 1.82) is 0 Å². The highest BCUT2D eigenvalue weighted by Gasteiger charge is 2.09. The molecule has 144 valence electrons. The van der Waals surface area contributed by atoms with E-state index >= 15 is 0 Å². The van der Waals surface area contributed by atoms with Gasteiger partial charge in [-0.05, 0) is 19.1 Å². The number of aliphatic imine (C=N–C) groups is 1. The van der Waals surface area contributed by atoms with Crippen LogP contribution in [0, 0.1) is 0 Å². The maximum atomic E-state index is 6.11. The molecular formula is C17H25ClIN5OS. The molecule has 0 aliphatic heterocycles. The fourth-order valence-electron chi connectivity index (χ4n) is 2.02. The van der Waals surface area contributed by atoms with E-state index in [1.807, 2.05) is 55.6 Å². The van der Waals surface area contributed by atoms with Crippen molar-refractivity contribution in [3.05, 3.63) is 40.4 Å². The maximum Gasteiger partial charge on any atom is 0.191 e. The lowest BCUT2D eigenvalue weighted by atomic mass is 10.3. The molecule has 1 aromatic carbocycles. The standard InChI is InChI=1S/C17H24ClN5OS.HI/c1-12(24-15-8-6-5-7-14(15)18)9-20-16(19-2)21-10-13-11-25-17(22-13)23(3)4;/h5-8,11-12H,9-10H2,1-4H3,(H2,19,20,21);1H. The number of hydrogen-bond donors (Lipinski definition) is 2. The Hall–Kier alpha value is -1.26. The highest BCUT2D eigenvalue weighted by atomic mass is 127. The molecule has 0 fully saturated rings. The molecule has 6 nitrogen and oxygen atoms in total. The van der Waals surface area contributed by atoms with Gasteiger partial charge in [-0.3, -0.25) is 4.99 Å². The third-order valence-electron chi connectivity index (χ3n) is 3.30. The fourth-order valence-corrected chi connectivity index (χ4v) is 2.96. The highest BCUT2D eigenvalue weighted by Crippen LogP contribution is 2.24. The van der Waals surface area contributed by atoms with Gasteiger partial charge in [-0.2, -0.15) is 0 Å². The second kappa shape index (κ2) is 11.5. The van der Waals surface area contributed by atoms with Crippen molar-refractivity contribution in [3.8, 4) is 5.75 Å². The van der Waals surface area contributed by atoms with E-state index in [4.69, 9.17) is 16.3 Å². The molecule has 26 heavy (non-hydrogen) atoms. The molecule has 1 atom stereocenters. The van der Waals surface area contributed by atoms with Crippen LogP contribution in [0.5, 0.6) is 5.75 Å². The zero-order chi connectivity index (χ0) is 18.2. The number of benzene rings is 1. The van der Waals surface area contributed by atoms with Gasteiger partial charge >= 0.3 is 0 Å². The summed E-state index contributed by atoms with van der Waals surface area (Å²) in [5, 5.41) is 10.1. The Labute approximate surface area is 181 Å². The van der Waals surface area contributed by atoms with Gasteiger partial charge in [0.2, 0.25) is 0 Å². The summed E-state index contributed by atoms with van der Waals surface area (Å²) >= 11 is 7.73. The normalized spacial score (nSPS) is 12.1. The number of guanidine groups is 1. The van der Waals surface area contributed by atoms with E-state index in [0.29, 0.717) is 29.8 Å². The molecular weight excluding hydrogens is 485 g/mol. The molecule has 2 N–H and O–H groups in total. The average molecular weight is 510 g/mol. The molecule has 0 aliphatic rings. The molecule has 0 bridgehead atoms. The Morgan fingerprint density at radius 3 is 2.69 bits per heavy atom. The van der Waals surface area contributed by atoms with Crippen LogP contribution in [-0.4, -0.2) is 44.7 Å². The molecule has 2 rings (SSSR count). The number of rotatable bonds is 7. The molecule has 0 aliphatic carbocycles. The molecule has 1 unspecified atom stereocenters. The largest absolute Gasteiger partial charge is 0.487 e. The first-order valence-corrected chi connectivity index (χ1v) is 9.22. The minimum absolute atomic E-state index is 0. The van der Waals surface area contributed by atoms with E-state index in [9.17, 15) is 0 Å². The summed E-state index contributed by atoms with van der Waals surface area (Å²) in [6, 6.07) is 7.45. The number of hydrogen-bond acceptors (Lipinski definition) is 5. The van der Waals surface area contributed by atoms with E-state index in [1.54, 1.807) is 18.4 Å². The van der Waals surface area contributed by atoms with Crippen LogP contribution in [-0.2, 0) is 6.54 Å². The Kier molecular flexibility index (Phi) is 10.0. The van der Waals surface area contributed by atoms with Gasteiger partial charge in [0.05, 0.1) is 23.8 Å². The summed E-state index contributed by atoms with van der Waals surface area (Å²) < 4.78 is 5.84. The van der Waals surface area contributed by atoms with E-state index in [-0.39, 0.29) is 30.1 Å². The Morgan fingerprint density at radius 1 is 1.35 bits per heavy atom. The Bertz CT molecular complexity index is 710. The lowest BCUT2D eigenvalue weighted by Crippen LogP contribution is -2.41. The summed E-state index contributed by atoms with van der Waals surface area (Å²) in [5.74, 6) is 1.38. The number of aromatic nitrogens is 1. The van der Waals surface area contributed by atoms with Crippen LogP contribution in [0.15, 0.2) is 34.6 Å². The minimum Gasteiger partial charge on any atom is -0.487 e. The number of anilines is 1. The summed E-state index contributed by atoms with van der Waals surface area (Å²) in [6.45, 7) is 3.20. The molecule has 0 saturated carbocycles. The first-order valence-electron chi connectivity index (χ1n) is 7.97. The molecule has 0 spiro atoms. The average Bonchev–Trinajstić information content (AvgIpc) is 3.06. The minimum atomic E-state index is -0.0573. The third kappa shape index (κ3) is 7.16. The van der Waals surface area contributed by atoms with E-state index in [0.717, 1.165) is 10.8 Å². The summed E-state index contributed by atoms with van der Waals surface area (Å²) in [4.78, 5) is 10.8. The number of ether oxygens (including phenoxy) is 1. The zero-order valence-electron chi connectivity index (χ0n) is 15.3. The molecule has 2 aromatic rings. The van der Waals surface area contributed by atoms with Gasteiger partial charge in [0.15, 0.2) is 11.1 Å². The zero-order valence-corrected chi connectivity index (χ0v) is 19.2. The van der Waals surface area contributed by atoms with E-state index < -0.39 is 0 Å². The SMILES string of the molecule is CN=C(NCc1csc(N(C)C)n1)NCC(C)Oc1ccccc1Cl.I. The Balaban J connectivity index is 0.00000338. The van der Waals surface area contributed by atoms with Crippen LogP contribution in [0.25, 0.3) is 0 Å². The van der Waals surface area contributed by atoms with Crippen molar-refractivity contribution in [2.24, 2.45) is 4.99 Å². The number of nitrogens with one attached hydrogen (secondary N) is 2. The Morgan fingerprint density at radius 2 is 2.08 bits per heavy atom. The van der Waals surface area contributed by atoms with Crippen molar-refractivity contribution < 1.29 is 4.74 Å². The van der Waals surface area contributed by atoms with Crippen LogP contribution in [0.3, 0.4) is 0 Å². The van der Waals surface area contributed by atoms with E-state index in [1.165, 1.54) is 0 Å². The van der Waals surface area contributed by atoms with Crippen LogP contribution < -0.4 is 20.3 Å². The van der Waals surface area contributed by atoms with Gasteiger partial charge in [-0.1, -0.05) is 23.7 Å². The summed E-state index contributed by atoms with van der Waals surface area (Å²) in [5.41, 5.74) is 0.983. The summed E-state index contributed by atoms with van der Waals surface area (Å²) in [6.07, 6.45) is -0.0573. The quantitative estimate of drug-likeness (QED) is 0.339. The monoisotopic (exact) mass is 509 g/mol. The van der Waals surface area contributed by atoms with Gasteiger partial charge in [0, 0.05) is 26.5 Å². The number of halogens is 2. The van der Waals surface area contributed by atoms with Gasteiger partial charge < -0.3 is 20.3 Å². The second-order valence-electron chi connectivity index (χ2n) is 5.68. The van der Waals surface area contributed by atoms with Gasteiger partial charge in [-0.25, -0.2) is 4.98 Å². The summed E-state index contributed by atoms with van der Waals surface area (Å²) in [7, 11) is 5.70. The van der Waals surface area contributed by atoms with Crippen molar-refractivity contribution in [3.63, 3.8) is 0 Å². The molecule has 1 aromatic heterocycles. The van der Waals surface area contributed by atoms with Gasteiger partial charge in [0.1, 0.15) is 11.9 Å². The lowest BCUT2D eigenvalue weighted by Gasteiger charge is -2.18. The smallest absolute Gasteiger partial charge is 0.191 e. The van der Waals surface area contributed by atoms with E-state index in [2.05, 4.69) is 20.6 Å². The predicted octanol–water partition coefficient (Wildman–Crippen LogP) is 3.61. The van der Waals surface area contributed by atoms with Crippen LogP contribution in [0.2, 0.25) is 5.02 Å². The number of thiazole rings is 1. The van der Waals surface area contributed by atoms with Crippen LogP contribution in [0.1, 0.15) is 12.6 Å². The molecule has 1 heterocycles. The predicted molar refractivity (Wildman–Crippen MR) is 122 cm³/mol. The van der Waals surface area contributed by atoms with Crippen LogP contribution >= 0.6 is 46.9 Å². The van der Waals surface area contributed by atoms with Crippen molar-refractivity contribution in [2.45, 2.75) is 19.6 Å². The van der Waals surface area contributed by atoms with Crippen molar-refractivity contribution in [1.82, 2.24) is 15.6 Å².